The summed E-state index contributed by atoms with van der Waals surface area (Å²) >= 11 is 2.49. The molecule has 0 amide bonds. The standard InChI is InChI=1S/C14H23IO3Si/c1-5-14(15)13-8-6-7-12(11-13)9-10-19(16-2,17-3)18-4/h6-8,11,14H,5,9-10H2,1-4H3. The number of rotatable bonds is 8. The van der Waals surface area contributed by atoms with Crippen molar-refractivity contribution in [1.82, 2.24) is 0 Å². The molecule has 1 aromatic rings. The number of alkyl halides is 1. The van der Waals surface area contributed by atoms with Crippen LogP contribution in [0.1, 0.15) is 28.4 Å². The SMILES string of the molecule is CCC(I)c1cccc(CC[Si](OC)(OC)OC)c1. The molecule has 0 spiro atoms. The number of hydrogen-bond donors (Lipinski definition) is 0. The van der Waals surface area contributed by atoms with Gasteiger partial charge in [-0.1, -0.05) is 53.8 Å². The third-order valence-corrected chi connectivity index (χ3v) is 7.65. The van der Waals surface area contributed by atoms with Crippen LogP contribution in [0.15, 0.2) is 24.3 Å². The first-order chi connectivity index (χ1) is 9.10. The highest BCUT2D eigenvalue weighted by atomic mass is 127. The minimum atomic E-state index is -2.45. The molecule has 0 saturated heterocycles. The average molecular weight is 394 g/mol. The van der Waals surface area contributed by atoms with E-state index < -0.39 is 8.80 Å². The van der Waals surface area contributed by atoms with Crippen molar-refractivity contribution < 1.29 is 13.3 Å². The van der Waals surface area contributed by atoms with Crippen LogP contribution in [0.2, 0.25) is 6.04 Å². The molecule has 0 aliphatic heterocycles. The van der Waals surface area contributed by atoms with E-state index in [2.05, 4.69) is 53.8 Å². The summed E-state index contributed by atoms with van der Waals surface area (Å²) in [6.07, 6.45) is 2.07. The van der Waals surface area contributed by atoms with Crippen molar-refractivity contribution in [1.29, 1.82) is 0 Å². The Hall–Kier alpha value is 0.0469. The Bertz CT molecular complexity index is 374. The monoisotopic (exact) mass is 394 g/mol. The molecule has 0 heterocycles. The summed E-state index contributed by atoms with van der Waals surface area (Å²) in [7, 11) is 2.53. The van der Waals surface area contributed by atoms with Crippen molar-refractivity contribution in [3.8, 4) is 0 Å². The van der Waals surface area contributed by atoms with Gasteiger partial charge in [-0.15, -0.1) is 0 Å². The highest BCUT2D eigenvalue weighted by Crippen LogP contribution is 2.27. The van der Waals surface area contributed by atoms with Crippen LogP contribution in [0, 0.1) is 0 Å². The zero-order chi connectivity index (χ0) is 14.3. The second-order valence-electron chi connectivity index (χ2n) is 4.42. The molecule has 0 N–H and O–H groups in total. The molecule has 1 unspecified atom stereocenters. The number of benzene rings is 1. The van der Waals surface area contributed by atoms with Crippen LogP contribution in [0.5, 0.6) is 0 Å². The van der Waals surface area contributed by atoms with Crippen LogP contribution in [0.25, 0.3) is 0 Å². The molecule has 108 valence electrons. The fourth-order valence-electron chi connectivity index (χ4n) is 2.03. The van der Waals surface area contributed by atoms with Crippen molar-refractivity contribution in [2.45, 2.75) is 29.7 Å². The van der Waals surface area contributed by atoms with Gasteiger partial charge in [0.1, 0.15) is 0 Å². The fourth-order valence-corrected chi connectivity index (χ4v) is 4.13. The van der Waals surface area contributed by atoms with E-state index >= 15 is 0 Å². The van der Waals surface area contributed by atoms with Crippen LogP contribution in [-0.2, 0) is 19.7 Å². The maximum Gasteiger partial charge on any atom is 0.500 e. The van der Waals surface area contributed by atoms with Gasteiger partial charge in [0.05, 0.1) is 0 Å². The Kier molecular flexibility index (Phi) is 7.52. The first-order valence-corrected chi connectivity index (χ1v) is 9.67. The summed E-state index contributed by atoms with van der Waals surface area (Å²) in [5, 5.41) is 0. The first kappa shape index (κ1) is 17.1. The zero-order valence-electron chi connectivity index (χ0n) is 12.1. The van der Waals surface area contributed by atoms with Crippen molar-refractivity contribution in [3.63, 3.8) is 0 Å². The zero-order valence-corrected chi connectivity index (χ0v) is 15.3. The minimum Gasteiger partial charge on any atom is -0.377 e. The van der Waals surface area contributed by atoms with E-state index in [1.165, 1.54) is 11.1 Å². The topological polar surface area (TPSA) is 27.7 Å². The smallest absolute Gasteiger partial charge is 0.377 e. The van der Waals surface area contributed by atoms with Crippen molar-refractivity contribution in [3.05, 3.63) is 35.4 Å². The van der Waals surface area contributed by atoms with Crippen LogP contribution in [0.3, 0.4) is 0 Å². The molecule has 5 heteroatoms. The first-order valence-electron chi connectivity index (χ1n) is 6.49. The summed E-state index contributed by atoms with van der Waals surface area (Å²) in [6.45, 7) is 2.21. The van der Waals surface area contributed by atoms with Gasteiger partial charge in [-0.3, -0.25) is 0 Å². The highest BCUT2D eigenvalue weighted by molar-refractivity contribution is 14.1. The Morgan fingerprint density at radius 1 is 1.16 bits per heavy atom. The second kappa shape index (κ2) is 8.36. The average Bonchev–Trinajstić information content (AvgIpc) is 2.48. The molecule has 1 rings (SSSR count). The molecule has 0 aliphatic carbocycles. The van der Waals surface area contributed by atoms with Crippen LogP contribution >= 0.6 is 22.6 Å². The second-order valence-corrected chi connectivity index (χ2v) is 9.01. The Morgan fingerprint density at radius 3 is 2.32 bits per heavy atom. The molecule has 0 aromatic heterocycles. The van der Waals surface area contributed by atoms with Crippen LogP contribution in [0.4, 0.5) is 0 Å². The van der Waals surface area contributed by atoms with Gasteiger partial charge in [-0.2, -0.15) is 0 Å². The van der Waals surface area contributed by atoms with Gasteiger partial charge in [0, 0.05) is 31.3 Å². The molecule has 0 fully saturated rings. The van der Waals surface area contributed by atoms with E-state index in [9.17, 15) is 0 Å². The fraction of sp³-hybridized carbons (Fsp3) is 0.571. The maximum atomic E-state index is 5.45. The van der Waals surface area contributed by atoms with Gasteiger partial charge in [-0.05, 0) is 24.0 Å². The third kappa shape index (κ3) is 4.82. The molecule has 0 saturated carbocycles. The number of hydrogen-bond acceptors (Lipinski definition) is 3. The Balaban J connectivity index is 2.72. The molecule has 1 atom stereocenters. The van der Waals surface area contributed by atoms with E-state index in [-0.39, 0.29) is 0 Å². The number of aryl methyl sites for hydroxylation is 1. The van der Waals surface area contributed by atoms with Gasteiger partial charge in [0.25, 0.3) is 0 Å². The minimum absolute atomic E-state index is 0.576. The number of halogens is 1. The Morgan fingerprint density at radius 2 is 1.79 bits per heavy atom. The summed E-state index contributed by atoms with van der Waals surface area (Å²) < 4.78 is 16.9. The van der Waals surface area contributed by atoms with Crippen molar-refractivity contribution in [2.75, 3.05) is 21.3 Å². The molecule has 3 nitrogen and oxygen atoms in total. The predicted octanol–water partition coefficient (Wildman–Crippen LogP) is 3.99. The normalized spacial score (nSPS) is 13.5. The lowest BCUT2D eigenvalue weighted by Gasteiger charge is -2.24. The van der Waals surface area contributed by atoms with Gasteiger partial charge in [-0.25, -0.2) is 0 Å². The largest absolute Gasteiger partial charge is 0.500 e. The van der Waals surface area contributed by atoms with Gasteiger partial charge >= 0.3 is 8.80 Å². The van der Waals surface area contributed by atoms with Gasteiger partial charge < -0.3 is 13.3 Å². The molecular formula is C14H23IO3Si. The predicted molar refractivity (Wildman–Crippen MR) is 88.8 cm³/mol. The molecule has 0 aliphatic rings. The lowest BCUT2D eigenvalue weighted by Crippen LogP contribution is -2.43. The van der Waals surface area contributed by atoms with Crippen molar-refractivity contribution >= 4 is 31.4 Å². The lowest BCUT2D eigenvalue weighted by molar-refractivity contribution is 0.123. The van der Waals surface area contributed by atoms with Gasteiger partial charge in [0.15, 0.2) is 0 Å². The third-order valence-electron chi connectivity index (χ3n) is 3.32. The van der Waals surface area contributed by atoms with Crippen LogP contribution in [-0.4, -0.2) is 30.1 Å². The summed E-state index contributed by atoms with van der Waals surface area (Å²) in [4.78, 5) is 0. The molecule has 19 heavy (non-hydrogen) atoms. The van der Waals surface area contributed by atoms with Crippen LogP contribution < -0.4 is 0 Å². The van der Waals surface area contributed by atoms with E-state index in [1.54, 1.807) is 21.3 Å². The molecule has 1 aromatic carbocycles. The van der Waals surface area contributed by atoms with E-state index in [1.807, 2.05) is 0 Å². The molecule has 0 bridgehead atoms. The van der Waals surface area contributed by atoms with Gasteiger partial charge in [0.2, 0.25) is 0 Å². The van der Waals surface area contributed by atoms with Crippen molar-refractivity contribution in [2.24, 2.45) is 0 Å². The molecule has 0 radical (unpaired) electrons. The maximum absolute atomic E-state index is 5.45. The highest BCUT2D eigenvalue weighted by Gasteiger charge is 2.37. The van der Waals surface area contributed by atoms with E-state index in [0.29, 0.717) is 3.92 Å². The van der Waals surface area contributed by atoms with E-state index in [0.717, 1.165) is 18.9 Å². The lowest BCUT2D eigenvalue weighted by atomic mass is 10.1. The van der Waals surface area contributed by atoms with E-state index in [4.69, 9.17) is 13.3 Å². The molecular weight excluding hydrogens is 371 g/mol. The summed E-state index contributed by atoms with van der Waals surface area (Å²) in [5.74, 6) is 0. The Labute approximate surface area is 131 Å². The summed E-state index contributed by atoms with van der Waals surface area (Å²) in [5.41, 5.74) is 2.70. The summed E-state index contributed by atoms with van der Waals surface area (Å²) in [6, 6.07) is 9.56. The quantitative estimate of drug-likeness (QED) is 0.379.